The molecule has 0 aliphatic heterocycles. The molecule has 66 valence electrons. The summed E-state index contributed by atoms with van der Waals surface area (Å²) in [5.74, 6) is 1.50. The molecule has 0 aromatic carbocycles. The van der Waals surface area contributed by atoms with Gasteiger partial charge in [0.05, 0.1) is 0 Å². The van der Waals surface area contributed by atoms with Crippen molar-refractivity contribution in [2.45, 2.75) is 34.6 Å². The van der Waals surface area contributed by atoms with Gasteiger partial charge in [0, 0.05) is 0 Å². The number of nitrogens with two attached hydrogens (primary N) is 1. The van der Waals surface area contributed by atoms with Gasteiger partial charge in [-0.2, -0.15) is 0 Å². The van der Waals surface area contributed by atoms with E-state index in [1.807, 2.05) is 0 Å². The zero-order valence-electron chi connectivity index (χ0n) is 8.44. The first-order valence-electron chi connectivity index (χ1n) is 4.55. The molecule has 1 unspecified atom stereocenters. The van der Waals surface area contributed by atoms with Gasteiger partial charge in [-0.05, 0) is 29.2 Å². The lowest BCUT2D eigenvalue weighted by Gasteiger charge is -2.09. The van der Waals surface area contributed by atoms with E-state index in [9.17, 15) is 0 Å². The molecule has 1 nitrogen and oxygen atoms in total. The van der Waals surface area contributed by atoms with Crippen LogP contribution in [0.5, 0.6) is 0 Å². The molecule has 0 radical (unpaired) electrons. The predicted octanol–water partition coefficient (Wildman–Crippen LogP) is 2.26. The van der Waals surface area contributed by atoms with Crippen molar-refractivity contribution in [3.8, 4) is 0 Å². The maximum absolute atomic E-state index is 5.66. The van der Waals surface area contributed by atoms with E-state index in [1.54, 1.807) is 0 Å². The number of hydrogen-bond acceptors (Lipinski definition) is 1. The first-order chi connectivity index (χ1) is 4.85. The Hall–Kier alpha value is -0.0400. The molecule has 1 saturated carbocycles. The lowest BCUT2D eigenvalue weighted by Crippen LogP contribution is -2.15. The minimum Gasteiger partial charge on any atom is -0.330 e. The summed E-state index contributed by atoms with van der Waals surface area (Å²) in [6, 6.07) is 0. The van der Waals surface area contributed by atoms with Crippen LogP contribution in [0.4, 0.5) is 0 Å². The SMILES string of the molecule is CC(CN)C1C(C)(C)C1(C)C. The van der Waals surface area contributed by atoms with Gasteiger partial charge in [-0.25, -0.2) is 0 Å². The maximum atomic E-state index is 5.66. The van der Waals surface area contributed by atoms with Gasteiger partial charge >= 0.3 is 0 Å². The second kappa shape index (κ2) is 2.22. The van der Waals surface area contributed by atoms with Gasteiger partial charge in [0.15, 0.2) is 0 Å². The smallest absolute Gasteiger partial charge is 0.00484 e. The minimum absolute atomic E-state index is 0.506. The molecule has 0 aromatic heterocycles. The summed E-state index contributed by atoms with van der Waals surface area (Å²) in [6.07, 6.45) is 0. The third-order valence-electron chi connectivity index (χ3n) is 4.07. The van der Waals surface area contributed by atoms with Crippen LogP contribution in [0.3, 0.4) is 0 Å². The van der Waals surface area contributed by atoms with Crippen molar-refractivity contribution in [1.82, 2.24) is 0 Å². The number of hydrogen-bond donors (Lipinski definition) is 1. The quantitative estimate of drug-likeness (QED) is 0.650. The van der Waals surface area contributed by atoms with E-state index >= 15 is 0 Å². The molecular formula is C10H21N. The van der Waals surface area contributed by atoms with Crippen LogP contribution in [0.2, 0.25) is 0 Å². The molecule has 0 bridgehead atoms. The van der Waals surface area contributed by atoms with Crippen molar-refractivity contribution in [1.29, 1.82) is 0 Å². The monoisotopic (exact) mass is 155 g/mol. The van der Waals surface area contributed by atoms with Crippen molar-refractivity contribution in [2.24, 2.45) is 28.4 Å². The van der Waals surface area contributed by atoms with Crippen LogP contribution >= 0.6 is 0 Å². The molecule has 1 heteroatoms. The zero-order chi connectivity index (χ0) is 8.86. The Bertz CT molecular complexity index is 144. The van der Waals surface area contributed by atoms with Crippen LogP contribution in [0.15, 0.2) is 0 Å². The molecule has 0 spiro atoms. The normalized spacial score (nSPS) is 30.0. The van der Waals surface area contributed by atoms with Crippen LogP contribution in [-0.2, 0) is 0 Å². The van der Waals surface area contributed by atoms with E-state index in [0.717, 1.165) is 12.5 Å². The second-order valence-corrected chi connectivity index (χ2v) is 5.13. The van der Waals surface area contributed by atoms with Gasteiger partial charge in [0.1, 0.15) is 0 Å². The molecule has 0 saturated heterocycles. The average molecular weight is 155 g/mol. The van der Waals surface area contributed by atoms with E-state index in [4.69, 9.17) is 5.73 Å². The highest BCUT2D eigenvalue weighted by atomic mass is 14.7. The highest BCUT2D eigenvalue weighted by Crippen LogP contribution is 2.70. The molecule has 0 heterocycles. The summed E-state index contributed by atoms with van der Waals surface area (Å²) in [5, 5.41) is 0. The Kier molecular flexibility index (Phi) is 1.83. The number of rotatable bonds is 2. The van der Waals surface area contributed by atoms with Gasteiger partial charge in [0.2, 0.25) is 0 Å². The summed E-state index contributed by atoms with van der Waals surface area (Å²) < 4.78 is 0. The van der Waals surface area contributed by atoms with E-state index in [2.05, 4.69) is 34.6 Å². The zero-order valence-corrected chi connectivity index (χ0v) is 8.44. The third-order valence-corrected chi connectivity index (χ3v) is 4.07. The second-order valence-electron chi connectivity index (χ2n) is 5.13. The fourth-order valence-corrected chi connectivity index (χ4v) is 2.81. The minimum atomic E-state index is 0.506. The lowest BCUT2D eigenvalue weighted by atomic mass is 9.99. The lowest BCUT2D eigenvalue weighted by molar-refractivity contribution is 0.425. The van der Waals surface area contributed by atoms with Gasteiger partial charge < -0.3 is 5.73 Å². The topological polar surface area (TPSA) is 26.0 Å². The molecule has 1 fully saturated rings. The fraction of sp³-hybridized carbons (Fsp3) is 1.00. The summed E-state index contributed by atoms with van der Waals surface area (Å²) in [4.78, 5) is 0. The Morgan fingerprint density at radius 1 is 1.18 bits per heavy atom. The van der Waals surface area contributed by atoms with Gasteiger partial charge in [0.25, 0.3) is 0 Å². The Morgan fingerprint density at radius 2 is 1.55 bits per heavy atom. The van der Waals surface area contributed by atoms with E-state index in [0.29, 0.717) is 16.7 Å². The van der Waals surface area contributed by atoms with Crippen LogP contribution < -0.4 is 5.73 Å². The molecule has 2 N–H and O–H groups in total. The van der Waals surface area contributed by atoms with Crippen LogP contribution in [0.1, 0.15) is 34.6 Å². The Morgan fingerprint density at radius 3 is 1.64 bits per heavy atom. The first-order valence-corrected chi connectivity index (χ1v) is 4.55. The van der Waals surface area contributed by atoms with Crippen LogP contribution in [0.25, 0.3) is 0 Å². The summed E-state index contributed by atoms with van der Waals surface area (Å²) in [5.41, 5.74) is 6.67. The molecule has 1 rings (SSSR count). The van der Waals surface area contributed by atoms with Crippen molar-refractivity contribution >= 4 is 0 Å². The van der Waals surface area contributed by atoms with Crippen molar-refractivity contribution in [3.63, 3.8) is 0 Å². The molecule has 11 heavy (non-hydrogen) atoms. The largest absolute Gasteiger partial charge is 0.330 e. The van der Waals surface area contributed by atoms with Crippen LogP contribution in [0, 0.1) is 22.7 Å². The average Bonchev–Trinajstić information content (AvgIpc) is 2.24. The van der Waals surface area contributed by atoms with Gasteiger partial charge in [-0.15, -0.1) is 0 Å². The van der Waals surface area contributed by atoms with Crippen LogP contribution in [-0.4, -0.2) is 6.54 Å². The highest BCUT2D eigenvalue weighted by molar-refractivity contribution is 5.13. The van der Waals surface area contributed by atoms with Crippen molar-refractivity contribution in [2.75, 3.05) is 6.54 Å². The van der Waals surface area contributed by atoms with Gasteiger partial charge in [-0.1, -0.05) is 34.6 Å². The third kappa shape index (κ3) is 1.01. The molecule has 0 aromatic rings. The maximum Gasteiger partial charge on any atom is -0.00484 e. The van der Waals surface area contributed by atoms with Gasteiger partial charge in [-0.3, -0.25) is 0 Å². The molecule has 1 atom stereocenters. The van der Waals surface area contributed by atoms with E-state index in [1.165, 1.54) is 0 Å². The Labute approximate surface area is 70.4 Å². The first kappa shape index (κ1) is 9.05. The molecule has 1 aliphatic rings. The summed E-state index contributed by atoms with van der Waals surface area (Å²) >= 11 is 0. The molecule has 1 aliphatic carbocycles. The van der Waals surface area contributed by atoms with E-state index in [-0.39, 0.29) is 0 Å². The van der Waals surface area contributed by atoms with Crippen molar-refractivity contribution in [3.05, 3.63) is 0 Å². The highest BCUT2D eigenvalue weighted by Gasteiger charge is 2.65. The predicted molar refractivity (Wildman–Crippen MR) is 49.3 cm³/mol. The molecule has 0 amide bonds. The summed E-state index contributed by atoms with van der Waals surface area (Å²) in [7, 11) is 0. The molecular weight excluding hydrogens is 134 g/mol. The summed E-state index contributed by atoms with van der Waals surface area (Å²) in [6.45, 7) is 12.5. The van der Waals surface area contributed by atoms with Crippen molar-refractivity contribution < 1.29 is 0 Å². The fourth-order valence-electron chi connectivity index (χ4n) is 2.81. The Balaban J connectivity index is 2.67. The standard InChI is InChI=1S/C10H21N/c1-7(6-11)8-9(2,3)10(8,4)5/h7-8H,6,11H2,1-5H3. The van der Waals surface area contributed by atoms with E-state index < -0.39 is 0 Å².